The van der Waals surface area contributed by atoms with E-state index >= 15 is 0 Å². The standard InChI is InChI=1S/C10H9ClO2S/c1-13-9-3-2-8(11)7-4-6(5-12)14-10(7)9/h2-4,12H,5H2,1H3. The summed E-state index contributed by atoms with van der Waals surface area (Å²) in [6.07, 6.45) is 0. The van der Waals surface area contributed by atoms with Crippen LogP contribution in [0.1, 0.15) is 4.88 Å². The third-order valence-corrected chi connectivity index (χ3v) is 3.48. The van der Waals surface area contributed by atoms with Crippen LogP contribution in [0.2, 0.25) is 5.02 Å². The number of methoxy groups -OCH3 is 1. The largest absolute Gasteiger partial charge is 0.495 e. The van der Waals surface area contributed by atoms with Crippen LogP contribution in [0.3, 0.4) is 0 Å². The number of aliphatic hydroxyl groups is 1. The van der Waals surface area contributed by atoms with Crippen LogP contribution in [0.15, 0.2) is 18.2 Å². The summed E-state index contributed by atoms with van der Waals surface area (Å²) < 4.78 is 6.20. The molecule has 14 heavy (non-hydrogen) atoms. The Hall–Kier alpha value is -0.770. The Morgan fingerprint density at radius 1 is 1.50 bits per heavy atom. The molecule has 2 nitrogen and oxygen atoms in total. The Labute approximate surface area is 90.7 Å². The summed E-state index contributed by atoms with van der Waals surface area (Å²) in [6, 6.07) is 5.53. The number of hydrogen-bond acceptors (Lipinski definition) is 3. The molecule has 2 rings (SSSR count). The molecule has 0 saturated carbocycles. The molecule has 4 heteroatoms. The van der Waals surface area contributed by atoms with E-state index in [2.05, 4.69) is 0 Å². The van der Waals surface area contributed by atoms with Crippen LogP contribution in [0.5, 0.6) is 5.75 Å². The van der Waals surface area contributed by atoms with Crippen molar-refractivity contribution in [3.05, 3.63) is 28.1 Å². The van der Waals surface area contributed by atoms with Crippen molar-refractivity contribution in [2.75, 3.05) is 7.11 Å². The van der Waals surface area contributed by atoms with Gasteiger partial charge >= 0.3 is 0 Å². The molecule has 1 N–H and O–H groups in total. The normalized spacial score (nSPS) is 10.8. The van der Waals surface area contributed by atoms with Crippen molar-refractivity contribution in [3.63, 3.8) is 0 Å². The zero-order valence-electron chi connectivity index (χ0n) is 7.58. The SMILES string of the molecule is COc1ccc(Cl)c2cc(CO)sc12. The van der Waals surface area contributed by atoms with Crippen molar-refractivity contribution in [2.45, 2.75) is 6.61 Å². The van der Waals surface area contributed by atoms with Gasteiger partial charge < -0.3 is 9.84 Å². The van der Waals surface area contributed by atoms with Gasteiger partial charge in [-0.25, -0.2) is 0 Å². The van der Waals surface area contributed by atoms with E-state index in [1.165, 1.54) is 11.3 Å². The van der Waals surface area contributed by atoms with E-state index in [0.717, 1.165) is 20.7 Å². The van der Waals surface area contributed by atoms with Crippen molar-refractivity contribution < 1.29 is 9.84 Å². The van der Waals surface area contributed by atoms with Gasteiger partial charge in [0.25, 0.3) is 0 Å². The fourth-order valence-corrected chi connectivity index (χ4v) is 2.66. The van der Waals surface area contributed by atoms with Crippen LogP contribution >= 0.6 is 22.9 Å². The van der Waals surface area contributed by atoms with E-state index in [0.29, 0.717) is 5.02 Å². The quantitative estimate of drug-likeness (QED) is 0.856. The second-order valence-corrected chi connectivity index (χ2v) is 4.41. The molecular weight excluding hydrogens is 220 g/mol. The van der Waals surface area contributed by atoms with E-state index in [9.17, 15) is 0 Å². The van der Waals surface area contributed by atoms with E-state index in [1.54, 1.807) is 13.2 Å². The van der Waals surface area contributed by atoms with Gasteiger partial charge in [0.05, 0.1) is 18.4 Å². The first kappa shape index (κ1) is 9.77. The second-order valence-electron chi connectivity index (χ2n) is 2.86. The summed E-state index contributed by atoms with van der Waals surface area (Å²) in [5.74, 6) is 0.800. The number of aliphatic hydroxyl groups excluding tert-OH is 1. The Morgan fingerprint density at radius 3 is 2.93 bits per heavy atom. The number of thiophene rings is 1. The van der Waals surface area contributed by atoms with Gasteiger partial charge in [-0.1, -0.05) is 11.6 Å². The van der Waals surface area contributed by atoms with Crippen molar-refractivity contribution >= 4 is 33.0 Å². The Bertz CT molecular complexity index is 464. The molecule has 0 aliphatic carbocycles. The predicted molar refractivity (Wildman–Crippen MR) is 59.3 cm³/mol. The molecule has 0 aliphatic rings. The first-order valence-electron chi connectivity index (χ1n) is 4.12. The van der Waals surface area contributed by atoms with E-state index in [-0.39, 0.29) is 6.61 Å². The van der Waals surface area contributed by atoms with Crippen molar-refractivity contribution in [3.8, 4) is 5.75 Å². The summed E-state index contributed by atoms with van der Waals surface area (Å²) in [4.78, 5) is 0.895. The van der Waals surface area contributed by atoms with Gasteiger partial charge in [0.1, 0.15) is 5.75 Å². The predicted octanol–water partition coefficient (Wildman–Crippen LogP) is 3.06. The fourth-order valence-electron chi connectivity index (χ4n) is 1.36. The third kappa shape index (κ3) is 1.47. The molecule has 2 aromatic rings. The monoisotopic (exact) mass is 228 g/mol. The smallest absolute Gasteiger partial charge is 0.136 e. The minimum atomic E-state index is 0.0405. The summed E-state index contributed by atoms with van der Waals surface area (Å²) in [5.41, 5.74) is 0. The number of hydrogen-bond donors (Lipinski definition) is 1. The third-order valence-electron chi connectivity index (χ3n) is 2.02. The lowest BCUT2D eigenvalue weighted by Crippen LogP contribution is -1.81. The van der Waals surface area contributed by atoms with Gasteiger partial charge in [0, 0.05) is 15.3 Å². The minimum Gasteiger partial charge on any atom is -0.495 e. The van der Waals surface area contributed by atoms with Crippen LogP contribution in [0, 0.1) is 0 Å². The lowest BCUT2D eigenvalue weighted by Gasteiger charge is -2.01. The van der Waals surface area contributed by atoms with Crippen LogP contribution in [-0.4, -0.2) is 12.2 Å². The maximum atomic E-state index is 9.02. The molecule has 0 saturated heterocycles. The van der Waals surface area contributed by atoms with Crippen LogP contribution in [0.25, 0.3) is 10.1 Å². The lowest BCUT2D eigenvalue weighted by molar-refractivity contribution is 0.285. The van der Waals surface area contributed by atoms with Crippen molar-refractivity contribution in [2.24, 2.45) is 0 Å². The zero-order chi connectivity index (χ0) is 10.1. The highest BCUT2D eigenvalue weighted by atomic mass is 35.5. The first-order valence-corrected chi connectivity index (χ1v) is 5.31. The molecule has 0 fully saturated rings. The summed E-state index contributed by atoms with van der Waals surface area (Å²) >= 11 is 7.53. The highest BCUT2D eigenvalue weighted by Gasteiger charge is 2.09. The van der Waals surface area contributed by atoms with Gasteiger partial charge in [-0.2, -0.15) is 0 Å². The highest BCUT2D eigenvalue weighted by Crippen LogP contribution is 2.37. The minimum absolute atomic E-state index is 0.0405. The van der Waals surface area contributed by atoms with E-state index in [1.807, 2.05) is 12.1 Å². The lowest BCUT2D eigenvalue weighted by atomic mass is 10.2. The summed E-state index contributed by atoms with van der Waals surface area (Å²) in [7, 11) is 1.63. The average Bonchev–Trinajstić information content (AvgIpc) is 2.63. The van der Waals surface area contributed by atoms with Crippen LogP contribution < -0.4 is 4.74 Å². The van der Waals surface area contributed by atoms with Gasteiger partial charge in [-0.3, -0.25) is 0 Å². The van der Waals surface area contributed by atoms with Gasteiger partial charge in [-0.15, -0.1) is 11.3 Å². The maximum absolute atomic E-state index is 9.02. The number of benzene rings is 1. The molecule has 0 atom stereocenters. The van der Waals surface area contributed by atoms with Gasteiger partial charge in [0.15, 0.2) is 0 Å². The molecule has 0 bridgehead atoms. The molecule has 0 amide bonds. The Balaban J connectivity index is 2.74. The molecular formula is C10H9ClO2S. The molecule has 1 aromatic carbocycles. The van der Waals surface area contributed by atoms with Crippen LogP contribution in [-0.2, 0) is 6.61 Å². The topological polar surface area (TPSA) is 29.5 Å². The zero-order valence-corrected chi connectivity index (χ0v) is 9.15. The average molecular weight is 229 g/mol. The Morgan fingerprint density at radius 2 is 2.29 bits per heavy atom. The number of halogens is 1. The summed E-state index contributed by atoms with van der Waals surface area (Å²) in [6.45, 7) is 0.0405. The van der Waals surface area contributed by atoms with Gasteiger partial charge in [0.2, 0.25) is 0 Å². The van der Waals surface area contributed by atoms with Crippen LogP contribution in [0.4, 0.5) is 0 Å². The fraction of sp³-hybridized carbons (Fsp3) is 0.200. The number of rotatable bonds is 2. The molecule has 74 valence electrons. The van der Waals surface area contributed by atoms with Gasteiger partial charge in [-0.05, 0) is 18.2 Å². The van der Waals surface area contributed by atoms with Crippen molar-refractivity contribution in [1.29, 1.82) is 0 Å². The van der Waals surface area contributed by atoms with E-state index in [4.69, 9.17) is 21.4 Å². The number of fused-ring (bicyclic) bond motifs is 1. The summed E-state index contributed by atoms with van der Waals surface area (Å²) in [5, 5.41) is 10.7. The molecule has 0 spiro atoms. The highest BCUT2D eigenvalue weighted by molar-refractivity contribution is 7.19. The Kier molecular flexibility index (Phi) is 2.63. The molecule has 1 heterocycles. The molecule has 0 aliphatic heterocycles. The second kappa shape index (κ2) is 3.77. The number of ether oxygens (including phenoxy) is 1. The maximum Gasteiger partial charge on any atom is 0.136 e. The first-order chi connectivity index (χ1) is 6.76. The molecule has 0 unspecified atom stereocenters. The van der Waals surface area contributed by atoms with Crippen molar-refractivity contribution in [1.82, 2.24) is 0 Å². The molecule has 0 radical (unpaired) electrons. The molecule has 1 aromatic heterocycles. The van der Waals surface area contributed by atoms with E-state index < -0.39 is 0 Å².